The number of amides is 1. The lowest BCUT2D eigenvalue weighted by Gasteiger charge is -2.25. The van der Waals surface area contributed by atoms with Crippen LogP contribution in [0.15, 0.2) is 18.6 Å². The average molecular weight is 259 g/mol. The molecule has 1 amide bonds. The summed E-state index contributed by atoms with van der Waals surface area (Å²) in [5.74, 6) is 0.143. The molecule has 3 rings (SSSR count). The number of carbonyl (C=O) groups is 1. The van der Waals surface area contributed by atoms with Crippen molar-refractivity contribution in [1.29, 1.82) is 0 Å². The van der Waals surface area contributed by atoms with E-state index in [2.05, 4.69) is 20.2 Å². The van der Waals surface area contributed by atoms with Gasteiger partial charge in [0.2, 0.25) is 5.88 Å². The normalized spacial score (nSPS) is 14.1. The van der Waals surface area contributed by atoms with Gasteiger partial charge in [0.05, 0.1) is 37.1 Å². The fraction of sp³-hybridized carbons (Fsp3) is 0.333. The molecule has 7 heteroatoms. The first-order valence-electron chi connectivity index (χ1n) is 5.99. The van der Waals surface area contributed by atoms with E-state index in [1.54, 1.807) is 11.1 Å². The van der Waals surface area contributed by atoms with Crippen LogP contribution in [-0.2, 0) is 6.42 Å². The van der Waals surface area contributed by atoms with Gasteiger partial charge in [0.15, 0.2) is 5.69 Å². The zero-order chi connectivity index (χ0) is 13.2. The Morgan fingerprint density at radius 2 is 2.32 bits per heavy atom. The standard InChI is InChI=1S/C12H13N5O2/c1-19-11-7-13-5-9(15-11)12(18)17-4-2-3-8-10(17)6-14-16-8/h5-7H,2-4H2,1H3,(H,14,16). The van der Waals surface area contributed by atoms with Crippen LogP contribution in [0.2, 0.25) is 0 Å². The van der Waals surface area contributed by atoms with Crippen molar-refractivity contribution in [2.75, 3.05) is 18.6 Å². The highest BCUT2D eigenvalue weighted by Crippen LogP contribution is 2.25. The summed E-state index contributed by atoms with van der Waals surface area (Å²) in [6.45, 7) is 0.657. The van der Waals surface area contributed by atoms with E-state index in [-0.39, 0.29) is 11.6 Å². The zero-order valence-electron chi connectivity index (χ0n) is 10.5. The molecule has 0 radical (unpaired) electrons. The van der Waals surface area contributed by atoms with E-state index in [0.29, 0.717) is 12.4 Å². The van der Waals surface area contributed by atoms with E-state index in [4.69, 9.17) is 4.74 Å². The van der Waals surface area contributed by atoms with Crippen LogP contribution in [0, 0.1) is 0 Å². The van der Waals surface area contributed by atoms with Crippen LogP contribution in [0.3, 0.4) is 0 Å². The number of anilines is 1. The molecular formula is C12H13N5O2. The van der Waals surface area contributed by atoms with Crippen LogP contribution in [0.5, 0.6) is 5.88 Å². The molecule has 7 nitrogen and oxygen atoms in total. The third-order valence-corrected chi connectivity index (χ3v) is 3.08. The number of carbonyl (C=O) groups excluding carboxylic acids is 1. The van der Waals surface area contributed by atoms with Crippen LogP contribution in [0.4, 0.5) is 5.69 Å². The molecule has 98 valence electrons. The lowest BCUT2D eigenvalue weighted by Crippen LogP contribution is -2.35. The second-order valence-corrected chi connectivity index (χ2v) is 4.24. The number of aromatic nitrogens is 4. The summed E-state index contributed by atoms with van der Waals surface area (Å²) in [5.41, 5.74) is 2.07. The molecule has 0 atom stereocenters. The molecule has 0 bridgehead atoms. The number of ether oxygens (including phenoxy) is 1. The van der Waals surface area contributed by atoms with Crippen LogP contribution in [0.1, 0.15) is 22.6 Å². The van der Waals surface area contributed by atoms with Crippen molar-refractivity contribution in [2.45, 2.75) is 12.8 Å². The van der Waals surface area contributed by atoms with Gasteiger partial charge < -0.3 is 9.64 Å². The van der Waals surface area contributed by atoms with Gasteiger partial charge in [-0.2, -0.15) is 5.10 Å². The molecule has 0 fully saturated rings. The predicted molar refractivity (Wildman–Crippen MR) is 67.2 cm³/mol. The molecule has 1 N–H and O–H groups in total. The Bertz CT molecular complexity index is 610. The molecule has 0 unspecified atom stereocenters. The van der Waals surface area contributed by atoms with Gasteiger partial charge in [-0.05, 0) is 12.8 Å². The van der Waals surface area contributed by atoms with Crippen molar-refractivity contribution in [3.8, 4) is 5.88 Å². The summed E-state index contributed by atoms with van der Waals surface area (Å²) in [5, 5.41) is 6.90. The molecule has 19 heavy (non-hydrogen) atoms. The molecule has 3 heterocycles. The Kier molecular flexibility index (Phi) is 2.86. The molecule has 1 aliphatic rings. The fourth-order valence-corrected chi connectivity index (χ4v) is 2.16. The number of fused-ring (bicyclic) bond motifs is 1. The van der Waals surface area contributed by atoms with E-state index in [0.717, 1.165) is 24.2 Å². The molecule has 0 spiro atoms. The van der Waals surface area contributed by atoms with E-state index in [1.165, 1.54) is 19.5 Å². The number of hydrogen-bond donors (Lipinski definition) is 1. The summed E-state index contributed by atoms with van der Waals surface area (Å²) in [6.07, 6.45) is 6.39. The van der Waals surface area contributed by atoms with Gasteiger partial charge in [-0.15, -0.1) is 0 Å². The number of methoxy groups -OCH3 is 1. The average Bonchev–Trinajstić information content (AvgIpc) is 2.95. The number of rotatable bonds is 2. The van der Waals surface area contributed by atoms with Gasteiger partial charge in [0.1, 0.15) is 0 Å². The minimum absolute atomic E-state index is 0.186. The monoisotopic (exact) mass is 259 g/mol. The van der Waals surface area contributed by atoms with E-state index >= 15 is 0 Å². The first kappa shape index (κ1) is 11.6. The summed E-state index contributed by atoms with van der Waals surface area (Å²) in [4.78, 5) is 22.2. The van der Waals surface area contributed by atoms with Gasteiger partial charge >= 0.3 is 0 Å². The number of nitrogens with one attached hydrogen (secondary N) is 1. The largest absolute Gasteiger partial charge is 0.480 e. The Morgan fingerprint density at radius 1 is 1.42 bits per heavy atom. The molecular weight excluding hydrogens is 246 g/mol. The number of hydrogen-bond acceptors (Lipinski definition) is 5. The SMILES string of the molecule is COc1cncc(C(=O)N2CCCc3[nH]ncc32)n1. The van der Waals surface area contributed by atoms with Crippen LogP contribution >= 0.6 is 0 Å². The minimum Gasteiger partial charge on any atom is -0.480 e. The van der Waals surface area contributed by atoms with Gasteiger partial charge in [0, 0.05) is 6.54 Å². The second-order valence-electron chi connectivity index (χ2n) is 4.24. The summed E-state index contributed by atoms with van der Waals surface area (Å²) in [6, 6.07) is 0. The number of aromatic amines is 1. The van der Waals surface area contributed by atoms with Crippen molar-refractivity contribution in [2.24, 2.45) is 0 Å². The van der Waals surface area contributed by atoms with E-state index < -0.39 is 0 Å². The third-order valence-electron chi connectivity index (χ3n) is 3.08. The molecule has 1 aliphatic heterocycles. The maximum atomic E-state index is 12.5. The number of H-pyrrole nitrogens is 1. The van der Waals surface area contributed by atoms with Gasteiger partial charge in [-0.25, -0.2) is 4.98 Å². The lowest BCUT2D eigenvalue weighted by molar-refractivity contribution is 0.0979. The quantitative estimate of drug-likeness (QED) is 0.862. The van der Waals surface area contributed by atoms with Crippen molar-refractivity contribution >= 4 is 11.6 Å². The van der Waals surface area contributed by atoms with E-state index in [1.807, 2.05) is 0 Å². The van der Waals surface area contributed by atoms with Gasteiger partial charge in [-0.1, -0.05) is 0 Å². The molecule has 0 saturated heterocycles. The second kappa shape index (κ2) is 4.68. The van der Waals surface area contributed by atoms with Crippen molar-refractivity contribution < 1.29 is 9.53 Å². The fourth-order valence-electron chi connectivity index (χ4n) is 2.16. The summed E-state index contributed by atoms with van der Waals surface area (Å²) in [7, 11) is 1.49. The first-order valence-corrected chi connectivity index (χ1v) is 5.99. The molecule has 0 aliphatic carbocycles. The maximum absolute atomic E-state index is 12.5. The Hall–Kier alpha value is -2.44. The third kappa shape index (κ3) is 2.03. The molecule has 2 aromatic rings. The Morgan fingerprint density at radius 3 is 3.16 bits per heavy atom. The highest BCUT2D eigenvalue weighted by Gasteiger charge is 2.26. The van der Waals surface area contributed by atoms with E-state index in [9.17, 15) is 4.79 Å². The highest BCUT2D eigenvalue weighted by atomic mass is 16.5. The van der Waals surface area contributed by atoms with Crippen molar-refractivity contribution in [3.63, 3.8) is 0 Å². The Labute approximate surface area is 109 Å². The van der Waals surface area contributed by atoms with Gasteiger partial charge in [-0.3, -0.25) is 14.9 Å². The molecule has 0 saturated carbocycles. The minimum atomic E-state index is -0.186. The summed E-state index contributed by atoms with van der Waals surface area (Å²) >= 11 is 0. The number of nitrogens with zero attached hydrogens (tertiary/aromatic N) is 4. The Balaban J connectivity index is 1.93. The zero-order valence-corrected chi connectivity index (χ0v) is 10.5. The molecule has 0 aromatic carbocycles. The number of aryl methyl sites for hydroxylation is 1. The van der Waals surface area contributed by atoms with Crippen LogP contribution in [-0.4, -0.2) is 39.7 Å². The summed E-state index contributed by atoms with van der Waals surface area (Å²) < 4.78 is 4.98. The highest BCUT2D eigenvalue weighted by molar-refractivity contribution is 6.05. The molecule has 2 aromatic heterocycles. The van der Waals surface area contributed by atoms with Crippen LogP contribution < -0.4 is 9.64 Å². The van der Waals surface area contributed by atoms with Crippen LogP contribution in [0.25, 0.3) is 0 Å². The van der Waals surface area contributed by atoms with Crippen molar-refractivity contribution in [1.82, 2.24) is 20.2 Å². The first-order chi connectivity index (χ1) is 9.29. The van der Waals surface area contributed by atoms with Gasteiger partial charge in [0.25, 0.3) is 5.91 Å². The maximum Gasteiger partial charge on any atom is 0.278 e. The lowest BCUT2D eigenvalue weighted by atomic mass is 10.1. The topological polar surface area (TPSA) is 84.0 Å². The smallest absolute Gasteiger partial charge is 0.278 e. The van der Waals surface area contributed by atoms with Crippen molar-refractivity contribution in [3.05, 3.63) is 30.0 Å². The predicted octanol–water partition coefficient (Wildman–Crippen LogP) is 0.801.